The number of hydrogen-bond acceptors (Lipinski definition) is 8. The lowest BCUT2D eigenvalue weighted by Crippen LogP contribution is -2.58. The van der Waals surface area contributed by atoms with E-state index in [4.69, 9.17) is 9.47 Å². The molecule has 1 N–H and O–H groups in total. The molecule has 1 spiro atoms. The average molecular weight is 641 g/mol. The molecule has 5 rings (SSSR count). The van der Waals surface area contributed by atoms with Crippen LogP contribution in [0.3, 0.4) is 0 Å². The highest BCUT2D eigenvalue weighted by atomic mass is 32.2. The number of rotatable bonds is 14. The maximum atomic E-state index is 14.7. The summed E-state index contributed by atoms with van der Waals surface area (Å²) < 4.78 is 9.80. The van der Waals surface area contributed by atoms with Crippen LogP contribution in [-0.2, 0) is 19.1 Å². The molecule has 2 bridgehead atoms. The SMILES string of the molecule is C=CCN(CCN1CCOCC1)C(=O)C1N([C@H](C)CO)C(=O)[C@@H]2[C@@H](C(=O)N(CC=C)c3ccc(OCC)cc3)[C@@]3(C)CCC12S3. The second kappa shape index (κ2) is 13.9. The van der Waals surface area contributed by atoms with Crippen molar-refractivity contribution in [2.75, 3.05) is 70.6 Å². The Morgan fingerprint density at radius 1 is 1.16 bits per heavy atom. The molecule has 0 radical (unpaired) electrons. The zero-order valence-corrected chi connectivity index (χ0v) is 27.7. The van der Waals surface area contributed by atoms with Gasteiger partial charge in [0.05, 0.1) is 49.1 Å². The van der Waals surface area contributed by atoms with Gasteiger partial charge in [-0.05, 0) is 57.9 Å². The first kappa shape index (κ1) is 33.5. The van der Waals surface area contributed by atoms with E-state index in [2.05, 4.69) is 25.0 Å². The van der Waals surface area contributed by atoms with Crippen LogP contribution in [0, 0.1) is 11.8 Å². The molecular weight excluding hydrogens is 592 g/mol. The fourth-order valence-electron chi connectivity index (χ4n) is 7.80. The van der Waals surface area contributed by atoms with Crippen molar-refractivity contribution in [1.82, 2.24) is 14.7 Å². The standard InChI is InChI=1S/C34H48N4O6S/c1-6-15-36(18-17-35-19-21-43-22-20-35)32(42)29-34-14-13-33(5,45-34)27(28(34)31(41)38(29)24(4)23-39)30(40)37(16-7-2)25-9-11-26(12-10-25)44-8-3/h6-7,9-12,24,27-29,39H,1-2,8,13-23H2,3-5H3/t24-,27+,28+,29?,33-,34?/m1/s1. The van der Waals surface area contributed by atoms with Crippen molar-refractivity contribution in [2.45, 2.75) is 55.2 Å². The highest BCUT2D eigenvalue weighted by molar-refractivity contribution is 8.02. The summed E-state index contributed by atoms with van der Waals surface area (Å²) in [7, 11) is 0. The number of morpholine rings is 1. The summed E-state index contributed by atoms with van der Waals surface area (Å²) in [6, 6.07) is 6.03. The first-order valence-corrected chi connectivity index (χ1v) is 17.0. The zero-order chi connectivity index (χ0) is 32.4. The fourth-order valence-corrected chi connectivity index (χ4v) is 10.1. The molecule has 4 aliphatic rings. The van der Waals surface area contributed by atoms with Crippen LogP contribution >= 0.6 is 11.8 Å². The van der Waals surface area contributed by atoms with E-state index in [0.717, 1.165) is 13.1 Å². The minimum atomic E-state index is -0.787. The largest absolute Gasteiger partial charge is 0.494 e. The van der Waals surface area contributed by atoms with Gasteiger partial charge in [0.2, 0.25) is 17.7 Å². The third-order valence-electron chi connectivity index (χ3n) is 9.94. The first-order valence-electron chi connectivity index (χ1n) is 16.1. The van der Waals surface area contributed by atoms with Crippen LogP contribution in [0.15, 0.2) is 49.6 Å². The van der Waals surface area contributed by atoms with Crippen LogP contribution in [-0.4, -0.2) is 125 Å². The Hall–Kier alpha value is -2.86. The third kappa shape index (κ3) is 6.04. The normalized spacial score (nSPS) is 29.7. The second-order valence-corrected chi connectivity index (χ2v) is 14.6. The zero-order valence-electron chi connectivity index (χ0n) is 26.9. The van der Waals surface area contributed by atoms with Gasteiger partial charge >= 0.3 is 0 Å². The van der Waals surface area contributed by atoms with Gasteiger partial charge in [0.25, 0.3) is 0 Å². The van der Waals surface area contributed by atoms with Crippen molar-refractivity contribution >= 4 is 35.2 Å². The number of carbonyl (C=O) groups is 3. The molecule has 1 aromatic carbocycles. The van der Waals surface area contributed by atoms with E-state index < -0.39 is 33.4 Å². The van der Waals surface area contributed by atoms with Gasteiger partial charge in [-0.1, -0.05) is 12.2 Å². The molecule has 246 valence electrons. The molecule has 4 saturated heterocycles. The van der Waals surface area contributed by atoms with Gasteiger partial charge in [0.15, 0.2) is 0 Å². The van der Waals surface area contributed by atoms with Gasteiger partial charge in [0, 0.05) is 49.7 Å². The van der Waals surface area contributed by atoms with Crippen molar-refractivity contribution in [3.63, 3.8) is 0 Å². The summed E-state index contributed by atoms with van der Waals surface area (Å²) in [6.45, 7) is 18.6. The minimum absolute atomic E-state index is 0.140. The molecule has 4 fully saturated rings. The monoisotopic (exact) mass is 640 g/mol. The molecule has 11 heteroatoms. The lowest BCUT2D eigenvalue weighted by molar-refractivity contribution is -0.145. The number of thioether (sulfide) groups is 1. The number of amides is 3. The number of aliphatic hydroxyl groups excluding tert-OH is 1. The molecule has 3 amide bonds. The maximum absolute atomic E-state index is 14.7. The summed E-state index contributed by atoms with van der Waals surface area (Å²) >= 11 is 1.64. The fraction of sp³-hybridized carbons (Fsp3) is 0.618. The predicted molar refractivity (Wildman–Crippen MR) is 176 cm³/mol. The van der Waals surface area contributed by atoms with E-state index in [1.165, 1.54) is 0 Å². The Balaban J connectivity index is 1.49. The average Bonchev–Trinajstić information content (AvgIpc) is 3.62. The summed E-state index contributed by atoms with van der Waals surface area (Å²) in [5.74, 6) is -1.11. The number of aliphatic hydroxyl groups is 1. The third-order valence-corrected chi connectivity index (χ3v) is 11.9. The van der Waals surface area contributed by atoms with Gasteiger partial charge in [-0.15, -0.1) is 24.9 Å². The van der Waals surface area contributed by atoms with E-state index in [-0.39, 0.29) is 30.9 Å². The summed E-state index contributed by atoms with van der Waals surface area (Å²) in [4.78, 5) is 51.2. The number of nitrogens with zero attached hydrogens (tertiary/aromatic N) is 4. The van der Waals surface area contributed by atoms with E-state index in [0.29, 0.717) is 63.7 Å². The second-order valence-electron chi connectivity index (χ2n) is 12.7. The predicted octanol–water partition coefficient (Wildman–Crippen LogP) is 2.81. The molecule has 4 aliphatic heterocycles. The molecule has 10 nitrogen and oxygen atoms in total. The van der Waals surface area contributed by atoms with Crippen LogP contribution in [0.5, 0.6) is 5.75 Å². The maximum Gasteiger partial charge on any atom is 0.247 e. The Morgan fingerprint density at radius 2 is 1.84 bits per heavy atom. The van der Waals surface area contributed by atoms with Crippen molar-refractivity contribution in [1.29, 1.82) is 0 Å². The first-order chi connectivity index (χ1) is 21.7. The molecule has 4 heterocycles. The van der Waals surface area contributed by atoms with Crippen LogP contribution in [0.1, 0.15) is 33.6 Å². The van der Waals surface area contributed by atoms with Gasteiger partial charge < -0.3 is 29.3 Å². The Bertz CT molecular complexity index is 1270. The minimum Gasteiger partial charge on any atom is -0.494 e. The Kier molecular flexibility index (Phi) is 10.3. The van der Waals surface area contributed by atoms with Gasteiger partial charge in [-0.2, -0.15) is 0 Å². The van der Waals surface area contributed by atoms with Crippen molar-refractivity contribution in [2.24, 2.45) is 11.8 Å². The van der Waals surface area contributed by atoms with E-state index in [1.54, 1.807) is 45.5 Å². The topological polar surface area (TPSA) is 103 Å². The van der Waals surface area contributed by atoms with Crippen LogP contribution in [0.2, 0.25) is 0 Å². The van der Waals surface area contributed by atoms with E-state index in [1.807, 2.05) is 31.2 Å². The number of benzene rings is 1. The van der Waals surface area contributed by atoms with Crippen molar-refractivity contribution in [3.05, 3.63) is 49.6 Å². The van der Waals surface area contributed by atoms with Crippen LogP contribution in [0.4, 0.5) is 5.69 Å². The summed E-state index contributed by atoms with van der Waals surface area (Å²) in [6.07, 6.45) is 4.77. The molecule has 0 aromatic heterocycles. The molecule has 45 heavy (non-hydrogen) atoms. The summed E-state index contributed by atoms with van der Waals surface area (Å²) in [5.41, 5.74) is 0.702. The highest BCUT2D eigenvalue weighted by Gasteiger charge is 2.78. The van der Waals surface area contributed by atoms with Crippen LogP contribution in [0.25, 0.3) is 0 Å². The number of fused-ring (bicyclic) bond motifs is 1. The quantitative estimate of drug-likeness (QED) is 0.310. The Labute approximate surface area is 271 Å². The smallest absolute Gasteiger partial charge is 0.247 e. The molecule has 2 unspecified atom stereocenters. The lowest BCUT2D eigenvalue weighted by Gasteiger charge is -2.39. The molecule has 6 atom stereocenters. The number of anilines is 1. The number of hydrogen-bond donors (Lipinski definition) is 1. The molecule has 1 aromatic rings. The van der Waals surface area contributed by atoms with Gasteiger partial charge in [0.1, 0.15) is 11.8 Å². The summed E-state index contributed by atoms with van der Waals surface area (Å²) in [5, 5.41) is 10.3. The number of ether oxygens (including phenoxy) is 2. The van der Waals surface area contributed by atoms with Gasteiger partial charge in [-0.25, -0.2) is 0 Å². The van der Waals surface area contributed by atoms with E-state index in [9.17, 15) is 19.5 Å². The highest BCUT2D eigenvalue weighted by Crippen LogP contribution is 2.72. The van der Waals surface area contributed by atoms with Crippen LogP contribution < -0.4 is 9.64 Å². The molecule has 0 aliphatic carbocycles. The number of carbonyl (C=O) groups excluding carboxylic acids is 3. The molecular formula is C34H48N4O6S. The van der Waals surface area contributed by atoms with Gasteiger partial charge in [-0.3, -0.25) is 19.3 Å². The van der Waals surface area contributed by atoms with Crippen molar-refractivity contribution in [3.8, 4) is 5.75 Å². The number of likely N-dealkylation sites (tertiary alicyclic amines) is 1. The van der Waals surface area contributed by atoms with E-state index >= 15 is 0 Å². The Morgan fingerprint density at radius 3 is 2.47 bits per heavy atom. The lowest BCUT2D eigenvalue weighted by atomic mass is 9.66. The molecule has 0 saturated carbocycles. The van der Waals surface area contributed by atoms with Crippen molar-refractivity contribution < 1.29 is 29.0 Å².